The van der Waals surface area contributed by atoms with Gasteiger partial charge in [-0.3, -0.25) is 9.59 Å². The molecule has 0 bridgehead atoms. The van der Waals surface area contributed by atoms with E-state index in [2.05, 4.69) is 0 Å². The summed E-state index contributed by atoms with van der Waals surface area (Å²) < 4.78 is 24.1. The maximum absolute atomic E-state index is 12.1. The lowest BCUT2D eigenvalue weighted by Crippen LogP contribution is -2.17. The van der Waals surface area contributed by atoms with Crippen molar-refractivity contribution in [1.82, 2.24) is 4.98 Å². The van der Waals surface area contributed by atoms with Gasteiger partial charge in [0, 0.05) is 6.07 Å². The first-order valence-corrected chi connectivity index (χ1v) is 3.75. The van der Waals surface area contributed by atoms with Crippen molar-refractivity contribution in [2.75, 3.05) is 0 Å². The molecule has 1 heterocycles. The van der Waals surface area contributed by atoms with Crippen molar-refractivity contribution in [2.45, 2.75) is 6.43 Å². The number of hydrogen-bond donors (Lipinski definition) is 2. The second-order valence-electron chi connectivity index (χ2n) is 2.39. The summed E-state index contributed by atoms with van der Waals surface area (Å²) in [4.78, 5) is 23.2. The lowest BCUT2D eigenvalue weighted by molar-refractivity contribution is 0.107. The molecule has 0 spiro atoms. The summed E-state index contributed by atoms with van der Waals surface area (Å²) >= 11 is 4.94. The van der Waals surface area contributed by atoms with E-state index in [0.29, 0.717) is 6.07 Å². The van der Waals surface area contributed by atoms with Crippen LogP contribution in [0.4, 0.5) is 8.78 Å². The normalized spacial score (nSPS) is 10.6. The average molecular weight is 224 g/mol. The van der Waals surface area contributed by atoms with Gasteiger partial charge in [0.1, 0.15) is 11.3 Å². The molecule has 0 aromatic carbocycles. The minimum atomic E-state index is -2.94. The van der Waals surface area contributed by atoms with Gasteiger partial charge in [0.15, 0.2) is 0 Å². The van der Waals surface area contributed by atoms with Crippen molar-refractivity contribution in [3.63, 3.8) is 0 Å². The van der Waals surface area contributed by atoms with Gasteiger partial charge in [0.05, 0.1) is 5.69 Å². The number of nitrogens with one attached hydrogen (secondary N) is 1. The minimum Gasteiger partial charge on any atom is -0.507 e. The predicted octanol–water partition coefficient (Wildman–Crippen LogP) is 1.40. The highest BCUT2D eigenvalue weighted by Gasteiger charge is 2.18. The van der Waals surface area contributed by atoms with Crippen LogP contribution in [-0.4, -0.2) is 15.3 Å². The van der Waals surface area contributed by atoms with Gasteiger partial charge in [-0.1, -0.05) is 0 Å². The number of hydrogen-bond acceptors (Lipinski definition) is 3. The Morgan fingerprint density at radius 2 is 2.14 bits per heavy atom. The van der Waals surface area contributed by atoms with Crippen molar-refractivity contribution in [3.05, 3.63) is 27.7 Å². The Bertz CT molecular complexity index is 429. The third-order valence-corrected chi connectivity index (χ3v) is 1.65. The molecular weight excluding hydrogens is 220 g/mol. The highest BCUT2D eigenvalue weighted by atomic mass is 35.5. The summed E-state index contributed by atoms with van der Waals surface area (Å²) in [5.41, 5.74) is -2.65. The molecule has 0 fully saturated rings. The van der Waals surface area contributed by atoms with Crippen LogP contribution in [0.25, 0.3) is 0 Å². The van der Waals surface area contributed by atoms with Crippen LogP contribution in [0.1, 0.15) is 22.5 Å². The molecule has 0 aliphatic carbocycles. The summed E-state index contributed by atoms with van der Waals surface area (Å²) in [6, 6.07) is 0.585. The maximum Gasteiger partial charge on any atom is 0.278 e. The van der Waals surface area contributed by atoms with E-state index in [1.807, 2.05) is 0 Å². The highest BCUT2D eigenvalue weighted by Crippen LogP contribution is 2.21. The van der Waals surface area contributed by atoms with Crippen LogP contribution >= 0.6 is 11.6 Å². The highest BCUT2D eigenvalue weighted by molar-refractivity contribution is 6.68. The number of carbonyl (C=O) groups is 1. The zero-order valence-corrected chi connectivity index (χ0v) is 7.31. The number of H-pyrrole nitrogens is 1. The number of pyridine rings is 1. The minimum absolute atomic E-state index is 0.585. The van der Waals surface area contributed by atoms with Crippen molar-refractivity contribution < 1.29 is 18.7 Å². The Kier molecular flexibility index (Phi) is 2.85. The number of carbonyl (C=O) groups excluding carboxylic acids is 1. The van der Waals surface area contributed by atoms with Gasteiger partial charge < -0.3 is 10.1 Å². The van der Waals surface area contributed by atoms with Gasteiger partial charge in [0.2, 0.25) is 0 Å². The predicted molar refractivity (Wildman–Crippen MR) is 43.9 cm³/mol. The van der Waals surface area contributed by atoms with Crippen LogP contribution in [0, 0.1) is 0 Å². The zero-order chi connectivity index (χ0) is 10.9. The topological polar surface area (TPSA) is 70.2 Å². The second-order valence-corrected chi connectivity index (χ2v) is 2.73. The van der Waals surface area contributed by atoms with Gasteiger partial charge in [-0.2, -0.15) is 0 Å². The monoisotopic (exact) mass is 223 g/mol. The molecule has 7 heteroatoms. The SMILES string of the molecule is O=C(Cl)c1c(O)cc(C(F)F)[nH]c1=O. The summed E-state index contributed by atoms with van der Waals surface area (Å²) in [5.74, 6) is -0.857. The molecule has 4 nitrogen and oxygen atoms in total. The molecule has 2 N–H and O–H groups in total. The van der Waals surface area contributed by atoms with Gasteiger partial charge in [-0.15, -0.1) is 0 Å². The Hall–Kier alpha value is -1.43. The van der Waals surface area contributed by atoms with E-state index in [0.717, 1.165) is 0 Å². The number of rotatable bonds is 2. The summed E-state index contributed by atoms with van der Waals surface area (Å²) in [5, 5.41) is 7.83. The number of aromatic hydroxyl groups is 1. The molecular formula is C7H4ClF2NO3. The van der Waals surface area contributed by atoms with Crippen molar-refractivity contribution in [1.29, 1.82) is 0 Å². The quantitative estimate of drug-likeness (QED) is 0.745. The largest absolute Gasteiger partial charge is 0.507 e. The molecule has 1 rings (SSSR count). The molecule has 1 aromatic heterocycles. The van der Waals surface area contributed by atoms with E-state index < -0.39 is 34.2 Å². The first kappa shape index (κ1) is 10.6. The van der Waals surface area contributed by atoms with Crippen LogP contribution < -0.4 is 5.56 Å². The van der Waals surface area contributed by atoms with Crippen molar-refractivity contribution in [3.8, 4) is 5.75 Å². The van der Waals surface area contributed by atoms with Crippen LogP contribution in [0.15, 0.2) is 10.9 Å². The Labute approximate surface area is 81.1 Å². The van der Waals surface area contributed by atoms with Crippen LogP contribution in [0.5, 0.6) is 5.75 Å². The van der Waals surface area contributed by atoms with E-state index in [9.17, 15) is 18.4 Å². The summed E-state index contributed by atoms with van der Waals surface area (Å²) in [6.45, 7) is 0. The van der Waals surface area contributed by atoms with Gasteiger partial charge in [-0.25, -0.2) is 8.78 Å². The molecule has 76 valence electrons. The summed E-state index contributed by atoms with van der Waals surface area (Å²) in [6.07, 6.45) is -2.94. The number of halogens is 3. The van der Waals surface area contributed by atoms with E-state index >= 15 is 0 Å². The van der Waals surface area contributed by atoms with E-state index in [-0.39, 0.29) is 0 Å². The van der Waals surface area contributed by atoms with Gasteiger partial charge in [0.25, 0.3) is 17.2 Å². The fourth-order valence-electron chi connectivity index (χ4n) is 0.873. The molecule has 14 heavy (non-hydrogen) atoms. The molecule has 0 unspecified atom stereocenters. The van der Waals surface area contributed by atoms with Gasteiger partial charge >= 0.3 is 0 Å². The molecule has 0 aliphatic heterocycles. The van der Waals surface area contributed by atoms with E-state index in [1.54, 1.807) is 4.98 Å². The van der Waals surface area contributed by atoms with Crippen LogP contribution in [-0.2, 0) is 0 Å². The number of alkyl halides is 2. The Morgan fingerprint density at radius 3 is 2.50 bits per heavy atom. The zero-order valence-electron chi connectivity index (χ0n) is 6.55. The van der Waals surface area contributed by atoms with Crippen LogP contribution in [0.3, 0.4) is 0 Å². The molecule has 1 aromatic rings. The first-order valence-electron chi connectivity index (χ1n) is 3.37. The Morgan fingerprint density at radius 1 is 1.57 bits per heavy atom. The average Bonchev–Trinajstić information content (AvgIpc) is 2.01. The Balaban J connectivity index is 3.40. The molecule has 0 aliphatic rings. The molecule has 0 amide bonds. The third-order valence-electron chi connectivity index (χ3n) is 1.46. The standard InChI is InChI=1S/C7H4ClF2NO3/c8-5(13)4-3(12)1-2(6(9)10)11-7(4)14/h1,6H,(H2,11,12,14). The van der Waals surface area contributed by atoms with Crippen molar-refractivity contribution >= 4 is 16.8 Å². The maximum atomic E-state index is 12.1. The smallest absolute Gasteiger partial charge is 0.278 e. The van der Waals surface area contributed by atoms with E-state index in [4.69, 9.17) is 16.7 Å². The van der Waals surface area contributed by atoms with Crippen LogP contribution in [0.2, 0.25) is 0 Å². The molecule has 0 saturated carbocycles. The third kappa shape index (κ3) is 1.90. The second kappa shape index (κ2) is 3.75. The lowest BCUT2D eigenvalue weighted by atomic mass is 10.2. The fourth-order valence-corrected chi connectivity index (χ4v) is 1.06. The molecule has 0 radical (unpaired) electrons. The molecule has 0 saturated heterocycles. The number of aromatic nitrogens is 1. The van der Waals surface area contributed by atoms with E-state index in [1.165, 1.54) is 0 Å². The fraction of sp³-hybridized carbons (Fsp3) is 0.143. The molecule has 0 atom stereocenters. The first-order chi connectivity index (χ1) is 6.43. The lowest BCUT2D eigenvalue weighted by Gasteiger charge is -2.02. The summed E-state index contributed by atoms with van der Waals surface area (Å²) in [7, 11) is 0. The van der Waals surface area contributed by atoms with Crippen molar-refractivity contribution in [2.24, 2.45) is 0 Å². The van der Waals surface area contributed by atoms with Gasteiger partial charge in [-0.05, 0) is 11.6 Å². The number of aromatic amines is 1.